The van der Waals surface area contributed by atoms with Gasteiger partial charge in [0.05, 0.1) is 0 Å². The Kier molecular flexibility index (Phi) is 1.17. The first-order chi connectivity index (χ1) is 3.00. The molecule has 0 aliphatic rings. The maximum absolute atomic E-state index is 2.04. The molecule has 1 rings (SSSR count). The molecule has 0 spiro atoms. The van der Waals surface area contributed by atoms with Crippen LogP contribution in [0.4, 0.5) is 0 Å². The number of hydrogen-bond acceptors (Lipinski definition) is 0. The molecule has 6 heavy (non-hydrogen) atoms. The van der Waals surface area contributed by atoms with Crippen molar-refractivity contribution in [2.45, 2.75) is 0 Å². The molecule has 0 N–H and O–H groups in total. The molecule has 0 aliphatic heterocycles. The molecule has 0 nitrogen and oxygen atoms in total. The molecule has 0 bridgehead atoms. The summed E-state index contributed by atoms with van der Waals surface area (Å²) in [6.45, 7) is 0. The fourth-order valence-electron chi connectivity index (χ4n) is 0.291. The van der Waals surface area contributed by atoms with Crippen molar-refractivity contribution in [3.63, 3.8) is 0 Å². The van der Waals surface area contributed by atoms with Gasteiger partial charge >= 0.3 is 0 Å². The van der Waals surface area contributed by atoms with E-state index in [1.54, 1.807) is 11.3 Å². The van der Waals surface area contributed by atoms with Crippen molar-refractivity contribution in [1.82, 2.24) is 0 Å². The topological polar surface area (TPSA) is 0 Å². The summed E-state index contributed by atoms with van der Waals surface area (Å²) in [6.07, 6.45) is 0. The fraction of sp³-hybridized carbons (Fsp3) is 0. The van der Waals surface area contributed by atoms with Crippen LogP contribution in [0.5, 0.6) is 0 Å². The largest absolute Gasteiger partial charge is 0.211 e. The van der Waals surface area contributed by atoms with E-state index < -0.39 is 0 Å². The van der Waals surface area contributed by atoms with E-state index in [4.69, 9.17) is 0 Å². The van der Waals surface area contributed by atoms with E-state index in [9.17, 15) is 0 Å². The summed E-state index contributed by atoms with van der Waals surface area (Å²) in [7, 11) is 0. The van der Waals surface area contributed by atoms with E-state index in [0.29, 0.717) is 0 Å². The van der Waals surface area contributed by atoms with Crippen LogP contribution in [0.15, 0.2) is 29.0 Å². The Balaban J connectivity index is 3.00. The maximum Gasteiger partial charge on any atom is 0.211 e. The SMILES string of the molecule is c1cc[s+]cc1. The van der Waals surface area contributed by atoms with Crippen LogP contribution in [0, 0.1) is 0 Å². The van der Waals surface area contributed by atoms with Crippen LogP contribution in [0.25, 0.3) is 0 Å². The Morgan fingerprint density at radius 2 is 1.50 bits per heavy atom. The molecular weight excluding hydrogens is 92.1 g/mol. The fourth-order valence-corrected chi connectivity index (χ4v) is 0.745. The summed E-state index contributed by atoms with van der Waals surface area (Å²) in [4.78, 5) is 0. The van der Waals surface area contributed by atoms with E-state index in [1.807, 2.05) is 29.0 Å². The van der Waals surface area contributed by atoms with Gasteiger partial charge < -0.3 is 0 Å². The molecule has 0 saturated heterocycles. The highest BCUT2D eigenvalue weighted by Gasteiger charge is 1.74. The lowest BCUT2D eigenvalue weighted by atomic mass is 10.6. The Labute approximate surface area is 41.1 Å². The Bertz CT molecular complexity index is 75.9. The smallest absolute Gasteiger partial charge is 0.0524 e. The second-order valence-corrected chi connectivity index (χ2v) is 1.80. The van der Waals surface area contributed by atoms with Crippen molar-refractivity contribution >= 4 is 11.3 Å². The Morgan fingerprint density at radius 1 is 0.833 bits per heavy atom. The summed E-state index contributed by atoms with van der Waals surface area (Å²) in [5.74, 6) is 0. The lowest BCUT2D eigenvalue weighted by Crippen LogP contribution is -1.41. The van der Waals surface area contributed by atoms with Crippen LogP contribution in [0.2, 0.25) is 0 Å². The standard InChI is InChI=1S/C5H5S/c1-2-4-6-5-3-1/h1-5H/q+1. The molecule has 0 amide bonds. The van der Waals surface area contributed by atoms with Crippen LogP contribution < -0.4 is 0 Å². The molecule has 1 heteroatoms. The van der Waals surface area contributed by atoms with Crippen molar-refractivity contribution in [3.8, 4) is 0 Å². The molecule has 1 aromatic rings. The average Bonchev–Trinajstić information content (AvgIpc) is 1.72. The van der Waals surface area contributed by atoms with Gasteiger partial charge in [0.1, 0.15) is 0 Å². The quantitative estimate of drug-likeness (QED) is 0.434. The van der Waals surface area contributed by atoms with E-state index in [2.05, 4.69) is 0 Å². The predicted molar refractivity (Wildman–Crippen MR) is 28.7 cm³/mol. The average molecular weight is 97.2 g/mol. The second-order valence-electron chi connectivity index (χ2n) is 0.986. The normalized spacial score (nSPS) is 8.00. The molecular formula is C5H5S+. The van der Waals surface area contributed by atoms with Crippen molar-refractivity contribution in [2.24, 2.45) is 0 Å². The third-order valence-corrected chi connectivity index (χ3v) is 1.17. The van der Waals surface area contributed by atoms with Gasteiger partial charge in [-0.25, -0.2) is 0 Å². The minimum Gasteiger partial charge on any atom is -0.0524 e. The van der Waals surface area contributed by atoms with Gasteiger partial charge in [-0.15, -0.1) is 0 Å². The van der Waals surface area contributed by atoms with Gasteiger partial charge in [0, 0.05) is 0 Å². The van der Waals surface area contributed by atoms with Gasteiger partial charge in [0.15, 0.2) is 10.8 Å². The molecule has 1 aromatic heterocycles. The third kappa shape index (κ3) is 0.760. The van der Waals surface area contributed by atoms with Crippen molar-refractivity contribution in [1.29, 1.82) is 0 Å². The van der Waals surface area contributed by atoms with Crippen LogP contribution in [0.1, 0.15) is 0 Å². The molecule has 0 aromatic carbocycles. The highest BCUT2D eigenvalue weighted by molar-refractivity contribution is 7.07. The lowest BCUT2D eigenvalue weighted by Gasteiger charge is -1.56. The molecule has 1 heterocycles. The van der Waals surface area contributed by atoms with Crippen LogP contribution in [-0.2, 0) is 0 Å². The highest BCUT2D eigenvalue weighted by Crippen LogP contribution is 1.90. The summed E-state index contributed by atoms with van der Waals surface area (Å²) in [6, 6.07) is 6.05. The van der Waals surface area contributed by atoms with Crippen LogP contribution >= 0.6 is 11.3 Å². The molecule has 0 fully saturated rings. The zero-order chi connectivity index (χ0) is 4.24. The minimum absolute atomic E-state index is 1.70. The molecule has 0 radical (unpaired) electrons. The first kappa shape index (κ1) is 3.75. The zero-order valence-electron chi connectivity index (χ0n) is 3.29. The van der Waals surface area contributed by atoms with Gasteiger partial charge in [0.25, 0.3) is 0 Å². The summed E-state index contributed by atoms with van der Waals surface area (Å²) < 4.78 is 0. The summed E-state index contributed by atoms with van der Waals surface area (Å²) >= 11 is 1.70. The molecule has 0 atom stereocenters. The van der Waals surface area contributed by atoms with Crippen molar-refractivity contribution in [2.75, 3.05) is 0 Å². The van der Waals surface area contributed by atoms with Crippen molar-refractivity contribution in [3.05, 3.63) is 29.0 Å². The van der Waals surface area contributed by atoms with E-state index in [1.165, 1.54) is 0 Å². The monoisotopic (exact) mass is 97.0 g/mol. The number of hydrogen-bond donors (Lipinski definition) is 0. The first-order valence-corrected chi connectivity index (χ1v) is 2.75. The van der Waals surface area contributed by atoms with E-state index in [0.717, 1.165) is 0 Å². The summed E-state index contributed by atoms with van der Waals surface area (Å²) in [5.41, 5.74) is 0. The van der Waals surface area contributed by atoms with Crippen LogP contribution in [-0.4, -0.2) is 0 Å². The lowest BCUT2D eigenvalue weighted by molar-refractivity contribution is 1.88. The highest BCUT2D eigenvalue weighted by atomic mass is 32.1. The third-order valence-electron chi connectivity index (χ3n) is 0.536. The van der Waals surface area contributed by atoms with Crippen molar-refractivity contribution < 1.29 is 0 Å². The predicted octanol–water partition coefficient (Wildman–Crippen LogP) is 2.03. The Hall–Kier alpha value is -0.430. The molecule has 0 unspecified atom stereocenters. The van der Waals surface area contributed by atoms with Gasteiger partial charge in [0.2, 0.25) is 11.3 Å². The van der Waals surface area contributed by atoms with Gasteiger partial charge in [-0.05, 0) is 12.1 Å². The number of rotatable bonds is 0. The van der Waals surface area contributed by atoms with Crippen LogP contribution in [0.3, 0.4) is 0 Å². The zero-order valence-corrected chi connectivity index (χ0v) is 4.11. The summed E-state index contributed by atoms with van der Waals surface area (Å²) in [5, 5.41) is 4.08. The second kappa shape index (κ2) is 1.88. The first-order valence-electron chi connectivity index (χ1n) is 1.80. The maximum atomic E-state index is 2.04. The Morgan fingerprint density at radius 3 is 1.67 bits per heavy atom. The van der Waals surface area contributed by atoms with E-state index in [-0.39, 0.29) is 0 Å². The van der Waals surface area contributed by atoms with Gasteiger partial charge in [-0.2, -0.15) is 0 Å². The van der Waals surface area contributed by atoms with Gasteiger partial charge in [-0.3, -0.25) is 0 Å². The molecule has 0 aliphatic carbocycles. The molecule has 30 valence electrons. The molecule has 0 saturated carbocycles. The van der Waals surface area contributed by atoms with Gasteiger partial charge in [-0.1, -0.05) is 6.07 Å². The minimum atomic E-state index is 1.70. The van der Waals surface area contributed by atoms with E-state index >= 15 is 0 Å².